The van der Waals surface area contributed by atoms with Crippen LogP contribution >= 0.6 is 0 Å². The van der Waals surface area contributed by atoms with E-state index in [0.717, 1.165) is 5.57 Å². The van der Waals surface area contributed by atoms with Crippen LogP contribution in [0.15, 0.2) is 48.9 Å². The van der Waals surface area contributed by atoms with Gasteiger partial charge in [0.25, 0.3) is 0 Å². The maximum absolute atomic E-state index is 5.76. The largest absolute Gasteiger partial charge is 0.394 e. The summed E-state index contributed by atoms with van der Waals surface area (Å²) >= 11 is 0. The van der Waals surface area contributed by atoms with Gasteiger partial charge in [-0.2, -0.15) is 0 Å². The van der Waals surface area contributed by atoms with E-state index in [2.05, 4.69) is 17.2 Å². The Morgan fingerprint density at radius 1 is 1.41 bits per heavy atom. The summed E-state index contributed by atoms with van der Waals surface area (Å²) in [5.74, 6) is 0. The van der Waals surface area contributed by atoms with E-state index in [1.807, 2.05) is 50.7 Å². The van der Waals surface area contributed by atoms with Crippen molar-refractivity contribution in [3.8, 4) is 0 Å². The van der Waals surface area contributed by atoms with Crippen molar-refractivity contribution in [1.29, 1.82) is 0 Å². The summed E-state index contributed by atoms with van der Waals surface area (Å²) in [7, 11) is 1.85. The van der Waals surface area contributed by atoms with E-state index in [1.165, 1.54) is 0 Å². The number of hydrogen-bond donors (Lipinski definition) is 4. The van der Waals surface area contributed by atoms with Crippen LogP contribution in [0, 0.1) is 0 Å². The minimum atomic E-state index is -0.0360. The van der Waals surface area contributed by atoms with Gasteiger partial charge in [0, 0.05) is 19.6 Å². The average Bonchev–Trinajstić information content (AvgIpc) is 2.32. The first kappa shape index (κ1) is 15.5. The minimum absolute atomic E-state index is 0.0360. The zero-order valence-electron chi connectivity index (χ0n) is 10.7. The zero-order chi connectivity index (χ0) is 13.1. The van der Waals surface area contributed by atoms with Gasteiger partial charge in [0.05, 0.1) is 6.04 Å². The smallest absolute Gasteiger partial charge is 0.0623 e. The van der Waals surface area contributed by atoms with Crippen molar-refractivity contribution in [2.24, 2.45) is 11.5 Å². The molecule has 17 heavy (non-hydrogen) atoms. The number of rotatable bonds is 8. The monoisotopic (exact) mass is 236 g/mol. The summed E-state index contributed by atoms with van der Waals surface area (Å²) in [5, 5.41) is 6.11. The number of allylic oxidation sites excluding steroid dienone is 2. The highest BCUT2D eigenvalue weighted by atomic mass is 14.9. The van der Waals surface area contributed by atoms with Crippen LogP contribution in [0.2, 0.25) is 0 Å². The van der Waals surface area contributed by atoms with Crippen LogP contribution in [0.4, 0.5) is 0 Å². The minimum Gasteiger partial charge on any atom is -0.394 e. The van der Waals surface area contributed by atoms with Crippen LogP contribution in [0.25, 0.3) is 0 Å². The maximum atomic E-state index is 5.76. The summed E-state index contributed by atoms with van der Waals surface area (Å²) < 4.78 is 0. The van der Waals surface area contributed by atoms with Gasteiger partial charge in [-0.05, 0) is 31.0 Å². The average molecular weight is 236 g/mol. The van der Waals surface area contributed by atoms with Gasteiger partial charge in [-0.3, -0.25) is 0 Å². The first-order chi connectivity index (χ1) is 8.15. The Morgan fingerprint density at radius 3 is 2.59 bits per heavy atom. The van der Waals surface area contributed by atoms with Crippen molar-refractivity contribution in [3.05, 3.63) is 48.9 Å². The molecule has 0 aromatic carbocycles. The second-order valence-corrected chi connectivity index (χ2v) is 3.67. The third-order valence-electron chi connectivity index (χ3n) is 2.23. The van der Waals surface area contributed by atoms with Crippen molar-refractivity contribution in [2.75, 3.05) is 13.6 Å². The maximum Gasteiger partial charge on any atom is 0.0623 e. The first-order valence-electron chi connectivity index (χ1n) is 5.69. The van der Waals surface area contributed by atoms with Crippen LogP contribution in [0.3, 0.4) is 0 Å². The second kappa shape index (κ2) is 9.69. The Balaban J connectivity index is 4.35. The Labute approximate surface area is 104 Å². The van der Waals surface area contributed by atoms with Gasteiger partial charge in [0.1, 0.15) is 0 Å². The molecule has 2 atom stereocenters. The Hall–Kier alpha value is -1.52. The van der Waals surface area contributed by atoms with Crippen LogP contribution in [0.5, 0.6) is 0 Å². The summed E-state index contributed by atoms with van der Waals surface area (Å²) in [4.78, 5) is 0. The lowest BCUT2D eigenvalue weighted by molar-refractivity contribution is 0.776. The Bertz CT molecular complexity index is 290. The molecule has 0 amide bonds. The quantitative estimate of drug-likeness (QED) is 0.368. The number of nitrogens with one attached hydrogen (secondary N) is 2. The van der Waals surface area contributed by atoms with Crippen molar-refractivity contribution in [2.45, 2.75) is 19.0 Å². The highest BCUT2D eigenvalue weighted by Gasteiger charge is 2.01. The normalized spacial score (nSPS) is 16.1. The van der Waals surface area contributed by atoms with E-state index < -0.39 is 0 Å². The van der Waals surface area contributed by atoms with Crippen molar-refractivity contribution in [1.82, 2.24) is 10.6 Å². The van der Waals surface area contributed by atoms with Gasteiger partial charge < -0.3 is 22.1 Å². The fourth-order valence-corrected chi connectivity index (χ4v) is 1.12. The SMILES string of the molecule is C=CC(/C=C\C=C/NC)N/C=C(\CN)C(C)N. The van der Waals surface area contributed by atoms with Crippen LogP contribution in [0.1, 0.15) is 6.92 Å². The molecule has 0 aliphatic carbocycles. The van der Waals surface area contributed by atoms with E-state index in [0.29, 0.717) is 6.54 Å². The molecule has 0 spiro atoms. The molecule has 0 saturated carbocycles. The molecule has 4 heteroatoms. The molecule has 0 fully saturated rings. The second-order valence-electron chi connectivity index (χ2n) is 3.67. The molecule has 0 aromatic rings. The molecule has 0 aliphatic heterocycles. The van der Waals surface area contributed by atoms with Gasteiger partial charge in [-0.15, -0.1) is 6.58 Å². The first-order valence-corrected chi connectivity index (χ1v) is 5.69. The van der Waals surface area contributed by atoms with Gasteiger partial charge in [0.15, 0.2) is 0 Å². The molecule has 2 unspecified atom stereocenters. The third kappa shape index (κ3) is 7.38. The van der Waals surface area contributed by atoms with E-state index >= 15 is 0 Å². The fraction of sp³-hybridized carbons (Fsp3) is 0.385. The van der Waals surface area contributed by atoms with Crippen molar-refractivity contribution >= 4 is 0 Å². The van der Waals surface area contributed by atoms with Crippen molar-refractivity contribution in [3.63, 3.8) is 0 Å². The van der Waals surface area contributed by atoms with Gasteiger partial charge >= 0.3 is 0 Å². The summed E-state index contributed by atoms with van der Waals surface area (Å²) in [6, 6.07) is 0.0305. The predicted octanol–water partition coefficient (Wildman–Crippen LogP) is 0.610. The van der Waals surface area contributed by atoms with Crippen LogP contribution in [-0.2, 0) is 0 Å². The highest BCUT2D eigenvalue weighted by Crippen LogP contribution is 1.97. The van der Waals surface area contributed by atoms with Gasteiger partial charge in [0.2, 0.25) is 0 Å². The summed E-state index contributed by atoms with van der Waals surface area (Å²) in [5.41, 5.74) is 12.3. The van der Waals surface area contributed by atoms with Gasteiger partial charge in [-0.1, -0.05) is 18.2 Å². The van der Waals surface area contributed by atoms with Crippen LogP contribution in [-0.4, -0.2) is 25.7 Å². The molecule has 0 aromatic heterocycles. The zero-order valence-corrected chi connectivity index (χ0v) is 10.7. The number of hydrogen-bond acceptors (Lipinski definition) is 4. The lowest BCUT2D eigenvalue weighted by atomic mass is 10.1. The van der Waals surface area contributed by atoms with E-state index in [1.54, 1.807) is 0 Å². The molecule has 6 N–H and O–H groups in total. The molecular weight excluding hydrogens is 212 g/mol. The van der Waals surface area contributed by atoms with E-state index in [9.17, 15) is 0 Å². The third-order valence-corrected chi connectivity index (χ3v) is 2.23. The molecule has 0 bridgehead atoms. The van der Waals surface area contributed by atoms with Crippen molar-refractivity contribution < 1.29 is 0 Å². The summed E-state index contributed by atoms with van der Waals surface area (Å²) in [6.07, 6.45) is 11.4. The Kier molecular flexibility index (Phi) is 8.82. The fourth-order valence-electron chi connectivity index (χ4n) is 1.12. The molecule has 0 heterocycles. The van der Waals surface area contributed by atoms with Gasteiger partial charge in [-0.25, -0.2) is 0 Å². The van der Waals surface area contributed by atoms with Crippen LogP contribution < -0.4 is 22.1 Å². The topological polar surface area (TPSA) is 76.1 Å². The molecule has 0 aliphatic rings. The summed E-state index contributed by atoms with van der Waals surface area (Å²) in [6.45, 7) is 6.13. The lowest BCUT2D eigenvalue weighted by Gasteiger charge is -2.12. The molecule has 0 rings (SSSR count). The van der Waals surface area contributed by atoms with E-state index in [4.69, 9.17) is 11.5 Å². The Morgan fingerprint density at radius 2 is 2.12 bits per heavy atom. The molecular formula is C13H24N4. The van der Waals surface area contributed by atoms with E-state index in [-0.39, 0.29) is 12.1 Å². The molecule has 0 saturated heterocycles. The molecule has 4 nitrogen and oxygen atoms in total. The molecule has 0 radical (unpaired) electrons. The lowest BCUT2D eigenvalue weighted by Crippen LogP contribution is -2.28. The predicted molar refractivity (Wildman–Crippen MR) is 75.2 cm³/mol. The standard InChI is InChI=1S/C13H24N4/c1-4-13(7-5-6-8-16-3)17-10-12(9-14)11(2)15/h4-8,10-11,13,16-17H,1,9,14-15H2,2-3H3/b7-5-,8-6-,12-10+. The molecule has 96 valence electrons. The number of nitrogens with two attached hydrogens (primary N) is 2. The highest BCUT2D eigenvalue weighted by molar-refractivity contribution is 5.15.